The first-order valence-electron chi connectivity index (χ1n) is 12.1. The molecule has 0 spiro atoms. The zero-order valence-corrected chi connectivity index (χ0v) is 20.5. The molecule has 5 rings (SSSR count). The van der Waals surface area contributed by atoms with E-state index < -0.39 is 0 Å². The van der Waals surface area contributed by atoms with Crippen LogP contribution in [0.1, 0.15) is 28.4 Å². The molecule has 0 aliphatic heterocycles. The Balaban J connectivity index is 1.28. The maximum absolute atomic E-state index is 12.8. The van der Waals surface area contributed by atoms with Crippen LogP contribution in [0.2, 0.25) is 0 Å². The summed E-state index contributed by atoms with van der Waals surface area (Å²) in [6, 6.07) is 31.3. The van der Waals surface area contributed by atoms with E-state index >= 15 is 0 Å². The summed E-state index contributed by atoms with van der Waals surface area (Å²) in [4.78, 5) is 12.8. The van der Waals surface area contributed by atoms with Gasteiger partial charge in [0.25, 0.3) is 5.91 Å². The molecule has 0 saturated heterocycles. The molecule has 184 valence electrons. The third kappa shape index (κ3) is 5.54. The number of para-hydroxylation sites is 1. The van der Waals surface area contributed by atoms with E-state index in [1.807, 2.05) is 90.6 Å². The van der Waals surface area contributed by atoms with Crippen LogP contribution in [0.4, 0.5) is 0 Å². The third-order valence-electron chi connectivity index (χ3n) is 5.94. The number of hydrazone groups is 1. The molecule has 0 atom stereocenters. The molecule has 37 heavy (non-hydrogen) atoms. The molecule has 0 unspecified atom stereocenters. The lowest BCUT2D eigenvalue weighted by Gasteiger charge is -2.14. The molecule has 0 fully saturated rings. The van der Waals surface area contributed by atoms with E-state index in [4.69, 9.17) is 9.47 Å². The lowest BCUT2D eigenvalue weighted by Crippen LogP contribution is -2.19. The van der Waals surface area contributed by atoms with Crippen molar-refractivity contribution in [3.63, 3.8) is 0 Å². The maximum Gasteiger partial charge on any atom is 0.273 e. The van der Waals surface area contributed by atoms with Crippen LogP contribution >= 0.6 is 0 Å². The fourth-order valence-electron chi connectivity index (χ4n) is 4.18. The largest absolute Gasteiger partial charge is 0.490 e. The van der Waals surface area contributed by atoms with E-state index in [1.54, 1.807) is 12.3 Å². The Morgan fingerprint density at radius 3 is 2.51 bits per heavy atom. The van der Waals surface area contributed by atoms with Gasteiger partial charge in [-0.1, -0.05) is 54.6 Å². The number of amides is 1. The van der Waals surface area contributed by atoms with Crippen LogP contribution in [0.3, 0.4) is 0 Å². The van der Waals surface area contributed by atoms with E-state index in [2.05, 4.69) is 34.8 Å². The summed E-state index contributed by atoms with van der Waals surface area (Å²) < 4.78 is 13.9. The van der Waals surface area contributed by atoms with E-state index in [0.29, 0.717) is 30.3 Å². The highest BCUT2D eigenvalue weighted by Gasteiger charge is 2.12. The Bertz CT molecular complexity index is 1540. The monoisotopic (exact) mass is 489 g/mol. The summed E-state index contributed by atoms with van der Waals surface area (Å²) in [5, 5.41) is 6.52. The number of carbonyl (C=O) groups is 1. The Labute approximate surface area is 215 Å². The second kappa shape index (κ2) is 11.3. The molecule has 1 N–H and O–H groups in total. The van der Waals surface area contributed by atoms with E-state index in [-0.39, 0.29) is 5.91 Å². The van der Waals surface area contributed by atoms with Gasteiger partial charge in [-0.15, -0.1) is 0 Å². The van der Waals surface area contributed by atoms with Gasteiger partial charge in [-0.3, -0.25) is 4.79 Å². The van der Waals surface area contributed by atoms with Crippen molar-refractivity contribution in [3.05, 3.63) is 126 Å². The standard InChI is InChI=1S/C31H27N3O3/c1-2-36-30-20-23(16-17-29(30)37-22-25-12-9-11-24-10-3-4-13-26(24)25)21-32-33-31(35)27-14-5-6-15-28(27)34-18-7-8-19-34/h3-21H,2,22H2,1H3,(H,33,35)/b32-21-. The van der Waals surface area contributed by atoms with Gasteiger partial charge in [0.15, 0.2) is 11.5 Å². The van der Waals surface area contributed by atoms with Crippen molar-refractivity contribution >= 4 is 22.9 Å². The molecular weight excluding hydrogens is 462 g/mol. The molecule has 1 aromatic heterocycles. The Kier molecular flexibility index (Phi) is 7.27. The predicted molar refractivity (Wildman–Crippen MR) is 147 cm³/mol. The van der Waals surface area contributed by atoms with Crippen molar-refractivity contribution in [2.45, 2.75) is 13.5 Å². The average Bonchev–Trinajstić information content (AvgIpc) is 3.48. The minimum Gasteiger partial charge on any atom is -0.490 e. The summed E-state index contributed by atoms with van der Waals surface area (Å²) in [5.74, 6) is 0.980. The van der Waals surface area contributed by atoms with Crippen molar-refractivity contribution in [2.75, 3.05) is 6.61 Å². The molecule has 4 aromatic carbocycles. The van der Waals surface area contributed by atoms with Crippen LogP contribution < -0.4 is 14.9 Å². The summed E-state index contributed by atoms with van der Waals surface area (Å²) in [6.45, 7) is 2.85. The van der Waals surface area contributed by atoms with Crippen LogP contribution in [-0.2, 0) is 6.61 Å². The lowest BCUT2D eigenvalue weighted by atomic mass is 10.1. The number of hydrogen-bond acceptors (Lipinski definition) is 4. The number of nitrogens with zero attached hydrogens (tertiary/aromatic N) is 2. The van der Waals surface area contributed by atoms with Gasteiger partial charge in [0.2, 0.25) is 0 Å². The molecule has 5 aromatic rings. The van der Waals surface area contributed by atoms with Gasteiger partial charge in [-0.05, 0) is 71.3 Å². The number of fused-ring (bicyclic) bond motifs is 1. The quantitative estimate of drug-likeness (QED) is 0.193. The molecule has 6 heteroatoms. The van der Waals surface area contributed by atoms with Crippen molar-refractivity contribution in [1.29, 1.82) is 0 Å². The van der Waals surface area contributed by atoms with Gasteiger partial charge in [0, 0.05) is 12.4 Å². The van der Waals surface area contributed by atoms with Crippen molar-refractivity contribution in [2.24, 2.45) is 5.10 Å². The van der Waals surface area contributed by atoms with Gasteiger partial charge >= 0.3 is 0 Å². The molecule has 1 amide bonds. The predicted octanol–water partition coefficient (Wildman–Crippen LogP) is 6.37. The van der Waals surface area contributed by atoms with E-state index in [9.17, 15) is 4.79 Å². The van der Waals surface area contributed by atoms with Gasteiger partial charge in [-0.2, -0.15) is 5.10 Å². The fraction of sp³-hybridized carbons (Fsp3) is 0.0968. The smallest absolute Gasteiger partial charge is 0.273 e. The lowest BCUT2D eigenvalue weighted by molar-refractivity contribution is 0.0955. The molecule has 0 radical (unpaired) electrons. The second-order valence-corrected chi connectivity index (χ2v) is 8.37. The summed E-state index contributed by atoms with van der Waals surface area (Å²) in [5.41, 5.74) is 5.82. The van der Waals surface area contributed by atoms with E-state index in [0.717, 1.165) is 16.8 Å². The van der Waals surface area contributed by atoms with Crippen LogP contribution in [-0.4, -0.2) is 23.3 Å². The number of hydrogen-bond donors (Lipinski definition) is 1. The minimum atomic E-state index is -0.291. The number of nitrogens with one attached hydrogen (secondary N) is 1. The maximum atomic E-state index is 12.8. The first kappa shape index (κ1) is 23.9. The van der Waals surface area contributed by atoms with Crippen LogP contribution in [0.25, 0.3) is 16.5 Å². The first-order valence-corrected chi connectivity index (χ1v) is 12.1. The summed E-state index contributed by atoms with van der Waals surface area (Å²) in [7, 11) is 0. The normalized spacial score (nSPS) is 11.1. The zero-order valence-electron chi connectivity index (χ0n) is 20.5. The van der Waals surface area contributed by atoms with Gasteiger partial charge in [-0.25, -0.2) is 5.43 Å². The SMILES string of the molecule is CCOc1cc(/C=N\NC(=O)c2ccccc2-n2cccc2)ccc1OCc1cccc2ccccc12. The van der Waals surface area contributed by atoms with Crippen molar-refractivity contribution in [3.8, 4) is 17.2 Å². The molecular formula is C31H27N3O3. The van der Waals surface area contributed by atoms with Gasteiger partial charge in [0.05, 0.1) is 24.1 Å². The topological polar surface area (TPSA) is 64.8 Å². The van der Waals surface area contributed by atoms with Crippen LogP contribution in [0.5, 0.6) is 11.5 Å². The Morgan fingerprint density at radius 1 is 0.865 bits per heavy atom. The molecule has 0 saturated carbocycles. The average molecular weight is 490 g/mol. The molecule has 0 aliphatic carbocycles. The molecule has 1 heterocycles. The Hall–Kier alpha value is -4.84. The number of ether oxygens (including phenoxy) is 2. The minimum absolute atomic E-state index is 0.291. The zero-order chi connectivity index (χ0) is 25.5. The van der Waals surface area contributed by atoms with Gasteiger partial charge in [0.1, 0.15) is 6.61 Å². The molecule has 0 bridgehead atoms. The molecule has 6 nitrogen and oxygen atoms in total. The number of carbonyl (C=O) groups excluding carboxylic acids is 1. The highest BCUT2D eigenvalue weighted by atomic mass is 16.5. The van der Waals surface area contributed by atoms with Crippen LogP contribution in [0.15, 0.2) is 115 Å². The van der Waals surface area contributed by atoms with Gasteiger partial charge < -0.3 is 14.0 Å². The third-order valence-corrected chi connectivity index (χ3v) is 5.94. The highest BCUT2D eigenvalue weighted by molar-refractivity contribution is 5.98. The van der Waals surface area contributed by atoms with Crippen molar-refractivity contribution < 1.29 is 14.3 Å². The molecule has 0 aliphatic rings. The van der Waals surface area contributed by atoms with Crippen molar-refractivity contribution in [1.82, 2.24) is 9.99 Å². The fourth-order valence-corrected chi connectivity index (χ4v) is 4.18. The Morgan fingerprint density at radius 2 is 1.65 bits per heavy atom. The summed E-state index contributed by atoms with van der Waals surface area (Å²) >= 11 is 0. The number of benzene rings is 4. The number of aromatic nitrogens is 1. The summed E-state index contributed by atoms with van der Waals surface area (Å²) in [6.07, 6.45) is 5.39. The highest BCUT2D eigenvalue weighted by Crippen LogP contribution is 2.30. The number of rotatable bonds is 9. The van der Waals surface area contributed by atoms with Crippen LogP contribution in [0, 0.1) is 0 Å². The first-order chi connectivity index (χ1) is 18.2. The second-order valence-electron chi connectivity index (χ2n) is 8.37. The van der Waals surface area contributed by atoms with E-state index in [1.165, 1.54) is 10.8 Å².